The van der Waals surface area contributed by atoms with E-state index in [4.69, 9.17) is 23.7 Å². The lowest BCUT2D eigenvalue weighted by Crippen LogP contribution is -2.61. The largest absolute Gasteiger partial charge is 0.479 e. The van der Waals surface area contributed by atoms with Gasteiger partial charge in [-0.25, -0.2) is 4.79 Å². The maximum atomic E-state index is 13.0. The van der Waals surface area contributed by atoms with Gasteiger partial charge in [-0.05, 0) is 96.3 Å². The predicted octanol–water partition coefficient (Wildman–Crippen LogP) is 12.2. The van der Waals surface area contributed by atoms with Gasteiger partial charge in [0.2, 0.25) is 0 Å². The molecule has 0 amide bonds. The summed E-state index contributed by atoms with van der Waals surface area (Å²) in [4.78, 5) is 50.7. The van der Waals surface area contributed by atoms with Crippen molar-refractivity contribution in [1.82, 2.24) is 0 Å². The van der Waals surface area contributed by atoms with Gasteiger partial charge in [-0.15, -0.1) is 0 Å². The zero-order valence-electron chi connectivity index (χ0n) is 42.6. The Morgan fingerprint density at radius 1 is 0.465 bits per heavy atom. The SMILES string of the molecule is CC/C=C\C/C=C\C/C=C\C/C=C\C/C=C\CC(=O)OC1C(OCC(COC(=O)CC/C=C\C/C=C\C/C=C\C/C=C\CC)OC(=O)CC/C=C\C/C=C\C/C=C\C/C=C\CC)OC(C(=O)O)C(O)C1O. The van der Waals surface area contributed by atoms with Crippen LogP contribution in [0.15, 0.2) is 158 Å². The average Bonchev–Trinajstić information content (AvgIpc) is 3.35. The quantitative estimate of drug-likeness (QED) is 0.0302. The van der Waals surface area contributed by atoms with E-state index in [2.05, 4.69) is 118 Å². The van der Waals surface area contributed by atoms with Crippen LogP contribution in [-0.2, 0) is 42.9 Å². The lowest BCUT2D eigenvalue weighted by atomic mass is 9.98. The molecule has 0 bridgehead atoms. The number of hydrogen-bond donors (Lipinski definition) is 3. The standard InChI is InChI=1S/C59H84O12/c1-4-7-10-13-16-19-22-25-26-29-32-35-38-41-44-47-53(62)70-57-55(64)54(63)56(58(65)66)71-59(57)68-49-50(69-52(61)46-43-40-37-34-31-28-24-21-18-15-12-9-6-3)48-67-51(60)45-42-39-36-33-30-27-23-20-17-14-11-8-5-2/h7-12,16-21,25-28,30-32,35-37,39-41,44,50,54-57,59,63-64H,4-6,13-15,22-24,29,33-34,38,42-43,45-49H2,1-3H3,(H,65,66)/b10-7-,11-8-,12-9-,19-16-,20-17-,21-18-,26-25-,30-27-,31-28-,35-32-,39-36-,40-37-,44-41-. The van der Waals surface area contributed by atoms with Crippen LogP contribution in [0.3, 0.4) is 0 Å². The highest BCUT2D eigenvalue weighted by molar-refractivity contribution is 5.74. The molecule has 0 radical (unpaired) electrons. The number of rotatable bonds is 39. The van der Waals surface area contributed by atoms with Gasteiger partial charge in [0, 0.05) is 12.8 Å². The molecule has 1 fully saturated rings. The molecule has 1 aliphatic rings. The molecule has 0 aromatic carbocycles. The highest BCUT2D eigenvalue weighted by atomic mass is 16.7. The Bertz CT molecular complexity index is 1840. The summed E-state index contributed by atoms with van der Waals surface area (Å²) in [7, 11) is 0. The van der Waals surface area contributed by atoms with Crippen LogP contribution in [0.1, 0.15) is 136 Å². The monoisotopic (exact) mass is 985 g/mol. The van der Waals surface area contributed by atoms with Crippen molar-refractivity contribution < 1.29 is 58.2 Å². The Labute approximate surface area is 425 Å². The number of aliphatic carboxylic acids is 1. The molecule has 71 heavy (non-hydrogen) atoms. The van der Waals surface area contributed by atoms with Crippen molar-refractivity contribution in [3.8, 4) is 0 Å². The molecule has 0 saturated carbocycles. The first kappa shape index (κ1) is 63.4. The van der Waals surface area contributed by atoms with Gasteiger partial charge in [-0.2, -0.15) is 0 Å². The highest BCUT2D eigenvalue weighted by Gasteiger charge is 2.50. The summed E-state index contributed by atoms with van der Waals surface area (Å²) in [5.74, 6) is -3.54. The third kappa shape index (κ3) is 36.0. The molecule has 6 atom stereocenters. The normalized spacial score (nSPS) is 19.8. The minimum Gasteiger partial charge on any atom is -0.479 e. The van der Waals surface area contributed by atoms with E-state index in [9.17, 15) is 34.5 Å². The third-order valence-corrected chi connectivity index (χ3v) is 10.1. The molecule has 1 saturated heterocycles. The van der Waals surface area contributed by atoms with Gasteiger partial charge in [0.25, 0.3) is 0 Å². The first-order valence-electron chi connectivity index (χ1n) is 25.5. The van der Waals surface area contributed by atoms with Crippen molar-refractivity contribution in [1.29, 1.82) is 0 Å². The van der Waals surface area contributed by atoms with Crippen LogP contribution in [0.25, 0.3) is 0 Å². The van der Waals surface area contributed by atoms with Crippen LogP contribution < -0.4 is 0 Å². The number of aliphatic hydroxyl groups is 2. The van der Waals surface area contributed by atoms with E-state index in [1.807, 2.05) is 48.6 Å². The number of carboxylic acid groups (broad SMARTS) is 1. The molecular weight excluding hydrogens is 901 g/mol. The lowest BCUT2D eigenvalue weighted by Gasteiger charge is -2.40. The molecule has 0 aliphatic carbocycles. The van der Waals surface area contributed by atoms with Gasteiger partial charge in [0.05, 0.1) is 13.0 Å². The van der Waals surface area contributed by atoms with Crippen molar-refractivity contribution in [2.75, 3.05) is 13.2 Å². The molecule has 0 spiro atoms. The van der Waals surface area contributed by atoms with Crippen LogP contribution in [-0.4, -0.2) is 89.2 Å². The van der Waals surface area contributed by atoms with Crippen LogP contribution in [0.5, 0.6) is 0 Å². The van der Waals surface area contributed by atoms with Crippen molar-refractivity contribution in [2.24, 2.45) is 0 Å². The molecule has 12 heteroatoms. The van der Waals surface area contributed by atoms with Crippen LogP contribution >= 0.6 is 0 Å². The second-order valence-corrected chi connectivity index (χ2v) is 16.3. The fraction of sp³-hybridized carbons (Fsp3) is 0.492. The van der Waals surface area contributed by atoms with Crippen LogP contribution in [0.4, 0.5) is 0 Å². The molecule has 0 aromatic rings. The third-order valence-electron chi connectivity index (χ3n) is 10.1. The molecule has 3 N–H and O–H groups in total. The summed E-state index contributed by atoms with van der Waals surface area (Å²) in [5.41, 5.74) is 0. The van der Waals surface area contributed by atoms with Gasteiger partial charge >= 0.3 is 23.9 Å². The van der Waals surface area contributed by atoms with Gasteiger partial charge in [-0.3, -0.25) is 14.4 Å². The van der Waals surface area contributed by atoms with E-state index in [1.54, 1.807) is 12.2 Å². The molecule has 1 aliphatic heterocycles. The Morgan fingerprint density at radius 2 is 0.831 bits per heavy atom. The number of carbonyl (C=O) groups is 4. The summed E-state index contributed by atoms with van der Waals surface area (Å²) in [6, 6.07) is 0. The van der Waals surface area contributed by atoms with E-state index in [0.29, 0.717) is 32.1 Å². The molecule has 1 heterocycles. The summed E-state index contributed by atoms with van der Waals surface area (Å²) >= 11 is 0. The maximum Gasteiger partial charge on any atom is 0.335 e. The zero-order valence-corrected chi connectivity index (χ0v) is 42.6. The summed E-state index contributed by atoms with van der Waals surface area (Å²) in [6.45, 7) is 5.41. The Hall–Kier alpha value is -5.66. The fourth-order valence-electron chi connectivity index (χ4n) is 6.35. The highest BCUT2D eigenvalue weighted by Crippen LogP contribution is 2.26. The van der Waals surface area contributed by atoms with E-state index < -0.39 is 73.9 Å². The number of aliphatic hydroxyl groups excluding tert-OH is 2. The molecule has 6 unspecified atom stereocenters. The van der Waals surface area contributed by atoms with Crippen LogP contribution in [0, 0.1) is 0 Å². The minimum absolute atomic E-state index is 0.00642. The van der Waals surface area contributed by atoms with Crippen molar-refractivity contribution in [3.63, 3.8) is 0 Å². The number of allylic oxidation sites excluding steroid dienone is 25. The molecule has 0 aromatic heterocycles. The van der Waals surface area contributed by atoms with Gasteiger partial charge in [0.15, 0.2) is 24.6 Å². The second kappa shape index (κ2) is 45.5. The van der Waals surface area contributed by atoms with E-state index in [0.717, 1.165) is 64.2 Å². The Kier molecular flexibility index (Phi) is 40.6. The molecule has 1 rings (SSSR count). The van der Waals surface area contributed by atoms with Crippen LogP contribution in [0.2, 0.25) is 0 Å². The first-order chi connectivity index (χ1) is 34.6. The molecular formula is C59H84O12. The fourth-order valence-corrected chi connectivity index (χ4v) is 6.35. The van der Waals surface area contributed by atoms with Crippen molar-refractivity contribution in [3.05, 3.63) is 158 Å². The van der Waals surface area contributed by atoms with Crippen molar-refractivity contribution in [2.45, 2.75) is 173 Å². The topological polar surface area (TPSA) is 175 Å². The Balaban J connectivity index is 2.89. The Morgan fingerprint density at radius 3 is 1.23 bits per heavy atom. The average molecular weight is 985 g/mol. The van der Waals surface area contributed by atoms with Gasteiger partial charge < -0.3 is 39.0 Å². The van der Waals surface area contributed by atoms with Gasteiger partial charge in [0.1, 0.15) is 18.8 Å². The molecule has 12 nitrogen and oxygen atoms in total. The maximum absolute atomic E-state index is 13.0. The number of hydrogen-bond acceptors (Lipinski definition) is 11. The zero-order chi connectivity index (χ0) is 51.8. The summed E-state index contributed by atoms with van der Waals surface area (Å²) in [5, 5.41) is 31.3. The smallest absolute Gasteiger partial charge is 0.335 e. The van der Waals surface area contributed by atoms with Gasteiger partial charge in [-0.1, -0.05) is 179 Å². The van der Waals surface area contributed by atoms with E-state index in [1.165, 1.54) is 0 Å². The minimum atomic E-state index is -1.96. The number of ether oxygens (including phenoxy) is 5. The number of esters is 3. The lowest BCUT2D eigenvalue weighted by molar-refractivity contribution is -0.301. The van der Waals surface area contributed by atoms with E-state index in [-0.39, 0.29) is 19.3 Å². The summed E-state index contributed by atoms with van der Waals surface area (Å²) in [6.07, 6.45) is 54.4. The number of carboxylic acids is 1. The number of carbonyl (C=O) groups excluding carboxylic acids is 3. The predicted molar refractivity (Wildman–Crippen MR) is 284 cm³/mol. The second-order valence-electron chi connectivity index (χ2n) is 16.3. The van der Waals surface area contributed by atoms with Crippen molar-refractivity contribution >= 4 is 23.9 Å². The van der Waals surface area contributed by atoms with E-state index >= 15 is 0 Å². The first-order valence-corrected chi connectivity index (χ1v) is 25.5. The molecule has 392 valence electrons. The summed E-state index contributed by atoms with van der Waals surface area (Å²) < 4.78 is 27.9.